The van der Waals surface area contributed by atoms with Gasteiger partial charge < -0.3 is 5.32 Å². The van der Waals surface area contributed by atoms with Crippen molar-refractivity contribution in [2.45, 2.75) is 6.42 Å². The maximum absolute atomic E-state index is 5.91. The highest BCUT2D eigenvalue weighted by molar-refractivity contribution is 6.33. The van der Waals surface area contributed by atoms with Gasteiger partial charge in [-0.2, -0.15) is 0 Å². The molecule has 0 atom stereocenters. The van der Waals surface area contributed by atoms with Crippen molar-refractivity contribution in [3.8, 4) is 0 Å². The summed E-state index contributed by atoms with van der Waals surface area (Å²) >= 11 is 5.91. The van der Waals surface area contributed by atoms with E-state index in [9.17, 15) is 0 Å². The molecule has 3 heteroatoms. The average molecular weight is 190 g/mol. The first kappa shape index (κ1) is 8.69. The normalized spacial score (nSPS) is 13.2. The number of fused-ring (bicyclic) bond motifs is 1. The van der Waals surface area contributed by atoms with Crippen molar-refractivity contribution in [2.24, 2.45) is 0 Å². The highest BCUT2D eigenvalue weighted by atomic mass is 35.5. The molecule has 0 fully saturated rings. The molecule has 0 bridgehead atoms. The minimum Gasteiger partial charge on any atom is -0.383 e. The van der Waals surface area contributed by atoms with Crippen LogP contribution in [0.25, 0.3) is 0 Å². The summed E-state index contributed by atoms with van der Waals surface area (Å²) in [6.07, 6.45) is 1.11. The minimum atomic E-state index is 0. The molecular weight excluding hydrogens is 181 g/mol. The molecule has 0 saturated carbocycles. The van der Waals surface area contributed by atoms with Gasteiger partial charge in [0.05, 0.1) is 10.7 Å². The van der Waals surface area contributed by atoms with Crippen molar-refractivity contribution in [1.29, 1.82) is 0 Å². The summed E-state index contributed by atoms with van der Waals surface area (Å²) in [5.41, 5.74) is 2.47. The predicted molar refractivity (Wildman–Crippen MR) is 50.9 cm³/mol. The van der Waals surface area contributed by atoms with Crippen molar-refractivity contribution < 1.29 is 0 Å². The van der Waals surface area contributed by atoms with Crippen LogP contribution in [0.5, 0.6) is 0 Å². The fourth-order valence-electron chi connectivity index (χ4n) is 1.30. The van der Waals surface area contributed by atoms with Crippen LogP contribution in [0.15, 0.2) is 18.2 Å². The third-order valence-electron chi connectivity index (χ3n) is 1.80. The number of rotatable bonds is 0. The molecular formula is C8H9Cl2N. The zero-order valence-electron chi connectivity index (χ0n) is 5.93. The van der Waals surface area contributed by atoms with E-state index < -0.39 is 0 Å². The van der Waals surface area contributed by atoms with Crippen LogP contribution >= 0.6 is 24.0 Å². The fourth-order valence-corrected chi connectivity index (χ4v) is 1.56. The lowest BCUT2D eigenvalue weighted by Crippen LogP contribution is -1.91. The number of para-hydroxylation sites is 1. The number of anilines is 1. The van der Waals surface area contributed by atoms with Gasteiger partial charge in [0.1, 0.15) is 0 Å². The van der Waals surface area contributed by atoms with Gasteiger partial charge in [-0.05, 0) is 18.1 Å². The van der Waals surface area contributed by atoms with E-state index in [1.54, 1.807) is 0 Å². The molecule has 0 radical (unpaired) electrons. The Kier molecular flexibility index (Phi) is 2.63. The molecule has 11 heavy (non-hydrogen) atoms. The van der Waals surface area contributed by atoms with E-state index in [1.165, 1.54) is 5.56 Å². The van der Waals surface area contributed by atoms with E-state index in [4.69, 9.17) is 11.6 Å². The summed E-state index contributed by atoms with van der Waals surface area (Å²) in [7, 11) is 0. The minimum absolute atomic E-state index is 0. The first-order valence-electron chi connectivity index (χ1n) is 3.39. The van der Waals surface area contributed by atoms with Gasteiger partial charge in [-0.1, -0.05) is 23.7 Å². The van der Waals surface area contributed by atoms with E-state index in [2.05, 4.69) is 11.4 Å². The largest absolute Gasteiger partial charge is 0.383 e. The fraction of sp³-hybridized carbons (Fsp3) is 0.250. The van der Waals surface area contributed by atoms with Crippen LogP contribution in [-0.4, -0.2) is 6.54 Å². The average Bonchev–Trinajstić information content (AvgIpc) is 2.36. The molecule has 0 unspecified atom stereocenters. The van der Waals surface area contributed by atoms with Gasteiger partial charge in [0.2, 0.25) is 0 Å². The zero-order chi connectivity index (χ0) is 6.97. The van der Waals surface area contributed by atoms with Crippen LogP contribution in [0.4, 0.5) is 5.69 Å². The topological polar surface area (TPSA) is 12.0 Å². The van der Waals surface area contributed by atoms with Crippen molar-refractivity contribution in [3.63, 3.8) is 0 Å². The molecule has 0 spiro atoms. The van der Waals surface area contributed by atoms with Crippen molar-refractivity contribution in [3.05, 3.63) is 28.8 Å². The lowest BCUT2D eigenvalue weighted by Gasteiger charge is -1.99. The molecule has 1 N–H and O–H groups in total. The molecule has 0 aliphatic carbocycles. The van der Waals surface area contributed by atoms with E-state index in [0.29, 0.717) is 0 Å². The van der Waals surface area contributed by atoms with Gasteiger partial charge in [0.15, 0.2) is 0 Å². The Morgan fingerprint density at radius 1 is 1.36 bits per heavy atom. The highest BCUT2D eigenvalue weighted by Crippen LogP contribution is 2.29. The summed E-state index contributed by atoms with van der Waals surface area (Å²) in [4.78, 5) is 0. The Morgan fingerprint density at radius 2 is 2.18 bits per heavy atom. The van der Waals surface area contributed by atoms with Gasteiger partial charge in [-0.25, -0.2) is 0 Å². The molecule has 1 aliphatic rings. The van der Waals surface area contributed by atoms with E-state index in [-0.39, 0.29) is 12.4 Å². The number of benzene rings is 1. The third kappa shape index (κ3) is 1.44. The summed E-state index contributed by atoms with van der Waals surface area (Å²) in [5, 5.41) is 4.08. The molecule has 0 amide bonds. The first-order chi connectivity index (χ1) is 4.88. The van der Waals surface area contributed by atoms with Crippen molar-refractivity contribution in [1.82, 2.24) is 0 Å². The second kappa shape index (κ2) is 3.33. The van der Waals surface area contributed by atoms with E-state index in [1.807, 2.05) is 12.1 Å². The molecule has 1 heterocycles. The first-order valence-corrected chi connectivity index (χ1v) is 3.77. The quantitative estimate of drug-likeness (QED) is 0.663. The number of halogens is 2. The Labute approximate surface area is 77.2 Å². The summed E-state index contributed by atoms with van der Waals surface area (Å²) < 4.78 is 0. The second-order valence-electron chi connectivity index (χ2n) is 2.45. The van der Waals surface area contributed by atoms with E-state index in [0.717, 1.165) is 23.7 Å². The van der Waals surface area contributed by atoms with Crippen LogP contribution in [0.2, 0.25) is 5.02 Å². The van der Waals surface area contributed by atoms with Gasteiger partial charge in [-0.15, -0.1) is 12.4 Å². The maximum Gasteiger partial charge on any atom is 0.0640 e. The van der Waals surface area contributed by atoms with Crippen LogP contribution in [0.3, 0.4) is 0 Å². The molecule has 2 rings (SSSR count). The lowest BCUT2D eigenvalue weighted by molar-refractivity contribution is 1.11. The van der Waals surface area contributed by atoms with Crippen LogP contribution in [-0.2, 0) is 6.42 Å². The van der Waals surface area contributed by atoms with Crippen molar-refractivity contribution in [2.75, 3.05) is 11.9 Å². The Morgan fingerprint density at radius 3 is 2.91 bits per heavy atom. The van der Waals surface area contributed by atoms with E-state index >= 15 is 0 Å². The SMILES string of the molecule is Cl.Clc1cccc2c1NCC2. The Bertz CT molecular complexity index is 260. The summed E-state index contributed by atoms with van der Waals surface area (Å²) in [6, 6.07) is 6.02. The second-order valence-corrected chi connectivity index (χ2v) is 2.86. The van der Waals surface area contributed by atoms with Gasteiger partial charge >= 0.3 is 0 Å². The molecule has 60 valence electrons. The smallest absolute Gasteiger partial charge is 0.0640 e. The number of nitrogens with one attached hydrogen (secondary N) is 1. The molecule has 1 aliphatic heterocycles. The highest BCUT2D eigenvalue weighted by Gasteiger charge is 2.11. The number of hydrogen-bond donors (Lipinski definition) is 1. The zero-order valence-corrected chi connectivity index (χ0v) is 7.50. The maximum atomic E-state index is 5.91. The Hall–Kier alpha value is -0.400. The Balaban J connectivity index is 0.000000605. The van der Waals surface area contributed by atoms with Crippen LogP contribution < -0.4 is 5.32 Å². The standard InChI is InChI=1S/C8H8ClN.ClH/c9-7-3-1-2-6-4-5-10-8(6)7;/h1-3,10H,4-5H2;1H. The molecule has 1 aromatic carbocycles. The van der Waals surface area contributed by atoms with Crippen LogP contribution in [0, 0.1) is 0 Å². The van der Waals surface area contributed by atoms with Crippen molar-refractivity contribution >= 4 is 29.7 Å². The molecule has 0 saturated heterocycles. The molecule has 1 aromatic rings. The predicted octanol–water partition coefficient (Wildman–Crippen LogP) is 2.73. The van der Waals surface area contributed by atoms with Crippen LogP contribution in [0.1, 0.15) is 5.56 Å². The monoisotopic (exact) mass is 189 g/mol. The lowest BCUT2D eigenvalue weighted by atomic mass is 10.2. The number of hydrogen-bond acceptors (Lipinski definition) is 1. The summed E-state index contributed by atoms with van der Waals surface area (Å²) in [5.74, 6) is 0. The third-order valence-corrected chi connectivity index (χ3v) is 2.11. The van der Waals surface area contributed by atoms with Gasteiger partial charge in [0, 0.05) is 6.54 Å². The van der Waals surface area contributed by atoms with Gasteiger partial charge in [0.25, 0.3) is 0 Å². The molecule has 0 aromatic heterocycles. The summed E-state index contributed by atoms with van der Waals surface area (Å²) in [6.45, 7) is 1.03. The molecule has 1 nitrogen and oxygen atoms in total. The van der Waals surface area contributed by atoms with Gasteiger partial charge in [-0.3, -0.25) is 0 Å².